The summed E-state index contributed by atoms with van der Waals surface area (Å²) in [5.74, 6) is 0. The fourth-order valence-corrected chi connectivity index (χ4v) is 1.62. The number of pyridine rings is 1. The van der Waals surface area contributed by atoms with Crippen molar-refractivity contribution >= 4 is 0 Å². The van der Waals surface area contributed by atoms with Crippen LogP contribution in [-0.4, -0.2) is 36.1 Å². The normalized spacial score (nSPS) is 16.7. The van der Waals surface area contributed by atoms with E-state index in [1.165, 1.54) is 5.56 Å². The topological polar surface area (TPSA) is 28.2 Å². The van der Waals surface area contributed by atoms with Gasteiger partial charge in [0.2, 0.25) is 0 Å². The molecule has 1 aliphatic heterocycles. The molecule has 1 aromatic rings. The highest BCUT2D eigenvalue weighted by atomic mass is 15.2. The lowest BCUT2D eigenvalue weighted by Gasteiger charge is -2.27. The first-order valence-electron chi connectivity index (χ1n) is 5.77. The number of piperazine rings is 1. The molecule has 1 fully saturated rings. The van der Waals surface area contributed by atoms with Crippen LogP contribution < -0.4 is 5.32 Å². The Morgan fingerprint density at radius 1 is 1.20 bits per heavy atom. The van der Waals surface area contributed by atoms with Gasteiger partial charge in [0.25, 0.3) is 0 Å². The van der Waals surface area contributed by atoms with Crippen LogP contribution in [0.25, 0.3) is 0 Å². The van der Waals surface area contributed by atoms with Crippen LogP contribution >= 0.6 is 0 Å². The van der Waals surface area contributed by atoms with Crippen molar-refractivity contribution in [2.75, 3.05) is 26.2 Å². The minimum atomic E-state index is 1.06. The maximum absolute atomic E-state index is 4.01. The third-order valence-electron chi connectivity index (χ3n) is 2.37. The summed E-state index contributed by atoms with van der Waals surface area (Å²) in [6.07, 6.45) is 3.72. The van der Waals surface area contributed by atoms with Crippen LogP contribution in [0, 0.1) is 0 Å². The predicted molar refractivity (Wildman–Crippen MR) is 63.7 cm³/mol. The van der Waals surface area contributed by atoms with Crippen molar-refractivity contribution in [2.45, 2.75) is 20.4 Å². The maximum atomic E-state index is 4.01. The molecule has 3 heteroatoms. The Morgan fingerprint density at radius 2 is 1.80 bits per heavy atom. The Bertz CT molecular complexity index is 242. The van der Waals surface area contributed by atoms with Crippen LogP contribution in [0.1, 0.15) is 19.4 Å². The lowest BCUT2D eigenvalue weighted by Crippen LogP contribution is -2.42. The van der Waals surface area contributed by atoms with Crippen LogP contribution in [0.2, 0.25) is 0 Å². The zero-order valence-corrected chi connectivity index (χ0v) is 9.74. The predicted octanol–water partition coefficient (Wildman–Crippen LogP) is 1.51. The van der Waals surface area contributed by atoms with Gasteiger partial charge in [-0.25, -0.2) is 0 Å². The van der Waals surface area contributed by atoms with Crippen LogP contribution in [0.4, 0.5) is 0 Å². The summed E-state index contributed by atoms with van der Waals surface area (Å²) in [7, 11) is 0. The number of nitrogens with zero attached hydrogens (tertiary/aromatic N) is 2. The molecule has 1 aromatic heterocycles. The molecule has 15 heavy (non-hydrogen) atoms. The molecule has 0 unspecified atom stereocenters. The Labute approximate surface area is 92.5 Å². The van der Waals surface area contributed by atoms with Gasteiger partial charge in [-0.3, -0.25) is 9.88 Å². The van der Waals surface area contributed by atoms with Crippen molar-refractivity contribution in [3.63, 3.8) is 0 Å². The van der Waals surface area contributed by atoms with E-state index in [4.69, 9.17) is 0 Å². The first-order chi connectivity index (χ1) is 7.45. The van der Waals surface area contributed by atoms with Crippen molar-refractivity contribution in [3.8, 4) is 0 Å². The van der Waals surface area contributed by atoms with Gasteiger partial charge in [-0.15, -0.1) is 0 Å². The monoisotopic (exact) mass is 207 g/mol. The van der Waals surface area contributed by atoms with E-state index in [-0.39, 0.29) is 0 Å². The minimum absolute atomic E-state index is 1.06. The Balaban J connectivity index is 0.000000531. The van der Waals surface area contributed by atoms with Crippen LogP contribution in [0.5, 0.6) is 0 Å². The van der Waals surface area contributed by atoms with Crippen LogP contribution in [0.15, 0.2) is 24.5 Å². The van der Waals surface area contributed by atoms with Gasteiger partial charge in [-0.05, 0) is 17.7 Å². The lowest BCUT2D eigenvalue weighted by atomic mass is 10.2. The molecule has 0 amide bonds. The molecular formula is C12H21N3. The molecule has 0 radical (unpaired) electrons. The van der Waals surface area contributed by atoms with E-state index in [1.54, 1.807) is 0 Å². The van der Waals surface area contributed by atoms with Crippen LogP contribution in [0.3, 0.4) is 0 Å². The Morgan fingerprint density at radius 3 is 2.40 bits per heavy atom. The van der Waals surface area contributed by atoms with Crippen molar-refractivity contribution in [1.29, 1.82) is 0 Å². The Hall–Kier alpha value is -0.930. The van der Waals surface area contributed by atoms with Gasteiger partial charge in [0.1, 0.15) is 0 Å². The molecule has 2 heterocycles. The van der Waals surface area contributed by atoms with Gasteiger partial charge in [0.05, 0.1) is 0 Å². The van der Waals surface area contributed by atoms with Gasteiger partial charge < -0.3 is 5.32 Å². The van der Waals surface area contributed by atoms with E-state index in [0.717, 1.165) is 32.7 Å². The standard InChI is InChI=1S/C10H15N3.C2H6/c1-3-11-4-2-10(1)9-13-7-5-12-6-8-13;1-2/h1-4,12H,5-9H2;1-2H3. The minimum Gasteiger partial charge on any atom is -0.314 e. The smallest absolute Gasteiger partial charge is 0.0271 e. The summed E-state index contributed by atoms with van der Waals surface area (Å²) in [5.41, 5.74) is 1.36. The SMILES string of the molecule is CC.c1cc(CN2CCNCC2)ccn1. The third kappa shape index (κ3) is 4.40. The number of aromatic nitrogens is 1. The Kier molecular flexibility index (Phi) is 5.97. The number of nitrogens with one attached hydrogen (secondary N) is 1. The molecule has 0 aliphatic carbocycles. The lowest BCUT2D eigenvalue weighted by molar-refractivity contribution is 0.233. The second-order valence-electron chi connectivity index (χ2n) is 3.38. The second kappa shape index (κ2) is 7.37. The molecule has 0 atom stereocenters. The fraction of sp³-hybridized carbons (Fsp3) is 0.583. The van der Waals surface area contributed by atoms with Gasteiger partial charge in [0, 0.05) is 45.1 Å². The highest BCUT2D eigenvalue weighted by molar-refractivity contribution is 5.09. The first kappa shape index (κ1) is 12.1. The molecule has 0 aromatic carbocycles. The summed E-state index contributed by atoms with van der Waals surface area (Å²) in [6, 6.07) is 4.17. The third-order valence-corrected chi connectivity index (χ3v) is 2.37. The molecule has 3 nitrogen and oxygen atoms in total. The second-order valence-corrected chi connectivity index (χ2v) is 3.38. The maximum Gasteiger partial charge on any atom is 0.0271 e. The molecule has 2 rings (SSSR count). The van der Waals surface area contributed by atoms with E-state index in [1.807, 2.05) is 26.2 Å². The van der Waals surface area contributed by atoms with Crippen molar-refractivity contribution in [2.24, 2.45) is 0 Å². The number of hydrogen-bond acceptors (Lipinski definition) is 3. The largest absolute Gasteiger partial charge is 0.314 e. The summed E-state index contributed by atoms with van der Waals surface area (Å²) in [6.45, 7) is 9.60. The highest BCUT2D eigenvalue weighted by Gasteiger charge is 2.08. The first-order valence-corrected chi connectivity index (χ1v) is 5.77. The summed E-state index contributed by atoms with van der Waals surface area (Å²) >= 11 is 0. The fourth-order valence-electron chi connectivity index (χ4n) is 1.62. The zero-order valence-electron chi connectivity index (χ0n) is 9.74. The quantitative estimate of drug-likeness (QED) is 0.797. The van der Waals surface area contributed by atoms with Crippen molar-refractivity contribution in [3.05, 3.63) is 30.1 Å². The van der Waals surface area contributed by atoms with Gasteiger partial charge in [0.15, 0.2) is 0 Å². The van der Waals surface area contributed by atoms with Crippen molar-refractivity contribution < 1.29 is 0 Å². The van der Waals surface area contributed by atoms with Gasteiger partial charge >= 0.3 is 0 Å². The summed E-state index contributed by atoms with van der Waals surface area (Å²) in [5, 5.41) is 3.35. The molecule has 1 N–H and O–H groups in total. The van der Waals surface area contributed by atoms with E-state index >= 15 is 0 Å². The van der Waals surface area contributed by atoms with Crippen molar-refractivity contribution in [1.82, 2.24) is 15.2 Å². The summed E-state index contributed by atoms with van der Waals surface area (Å²) in [4.78, 5) is 6.47. The molecular weight excluding hydrogens is 186 g/mol. The van der Waals surface area contributed by atoms with E-state index in [0.29, 0.717) is 0 Å². The zero-order chi connectivity index (χ0) is 10.9. The van der Waals surface area contributed by atoms with E-state index in [2.05, 4.69) is 27.3 Å². The molecule has 0 spiro atoms. The summed E-state index contributed by atoms with van der Waals surface area (Å²) < 4.78 is 0. The number of hydrogen-bond donors (Lipinski definition) is 1. The molecule has 84 valence electrons. The average molecular weight is 207 g/mol. The van der Waals surface area contributed by atoms with E-state index < -0.39 is 0 Å². The molecule has 1 aliphatic rings. The van der Waals surface area contributed by atoms with Gasteiger partial charge in [-0.1, -0.05) is 13.8 Å². The number of rotatable bonds is 2. The van der Waals surface area contributed by atoms with E-state index in [9.17, 15) is 0 Å². The molecule has 0 saturated carbocycles. The molecule has 1 saturated heterocycles. The highest BCUT2D eigenvalue weighted by Crippen LogP contribution is 2.03. The average Bonchev–Trinajstić information content (AvgIpc) is 2.34. The van der Waals surface area contributed by atoms with Gasteiger partial charge in [-0.2, -0.15) is 0 Å². The van der Waals surface area contributed by atoms with Crippen LogP contribution in [-0.2, 0) is 6.54 Å². The molecule has 0 bridgehead atoms.